The van der Waals surface area contributed by atoms with Gasteiger partial charge in [-0.3, -0.25) is 4.79 Å². The Morgan fingerprint density at radius 1 is 1.26 bits per heavy atom. The highest BCUT2D eigenvalue weighted by molar-refractivity contribution is 6.01. The Bertz CT molecular complexity index is 592. The maximum atomic E-state index is 12.1. The molecule has 2 aliphatic rings. The molecule has 0 aliphatic carbocycles. The number of carbonyl (C=O) groups excluding carboxylic acids is 2. The van der Waals surface area contributed by atoms with Gasteiger partial charge in [0.05, 0.1) is 23.9 Å². The minimum atomic E-state index is -0.471. The summed E-state index contributed by atoms with van der Waals surface area (Å²) in [5.74, 6) is 0.0497. The molecule has 2 aliphatic heterocycles. The summed E-state index contributed by atoms with van der Waals surface area (Å²) in [5.41, 5.74) is 1.98. The number of phenolic OH excluding ortho intramolecular Hbond substituents is 1. The molecule has 3 rings (SSSR count). The van der Waals surface area contributed by atoms with Gasteiger partial charge in [0, 0.05) is 7.05 Å². The number of amides is 3. The zero-order valence-electron chi connectivity index (χ0n) is 10.3. The maximum Gasteiger partial charge on any atom is 0.319 e. The summed E-state index contributed by atoms with van der Waals surface area (Å²) in [6, 6.07) is 5.67. The fourth-order valence-corrected chi connectivity index (χ4v) is 2.43. The van der Waals surface area contributed by atoms with Crippen LogP contribution in [0, 0.1) is 0 Å². The van der Waals surface area contributed by atoms with Crippen LogP contribution in [0.1, 0.15) is 11.6 Å². The predicted octanol–water partition coefficient (Wildman–Crippen LogP) is 0.472. The van der Waals surface area contributed by atoms with Crippen LogP contribution in [0.5, 0.6) is 5.75 Å². The standard InChI is InChI=1S/C13H13N3O3/c1-16-6-9-10(12(16)18)11(15-13(19)14-9)7-2-4-8(17)5-3-7/h2-5,11,17H,6H2,1H3,(H2,14,15,19)/t11-/m0/s1. The van der Waals surface area contributed by atoms with E-state index in [-0.39, 0.29) is 17.7 Å². The number of likely N-dealkylation sites (N-methyl/N-ethyl adjacent to an activating group) is 1. The van der Waals surface area contributed by atoms with Gasteiger partial charge in [0.1, 0.15) is 5.75 Å². The van der Waals surface area contributed by atoms with E-state index in [0.29, 0.717) is 17.8 Å². The van der Waals surface area contributed by atoms with E-state index in [1.807, 2.05) is 0 Å². The lowest BCUT2D eigenvalue weighted by atomic mass is 9.96. The zero-order valence-corrected chi connectivity index (χ0v) is 10.3. The molecule has 0 unspecified atom stereocenters. The Hall–Kier alpha value is -2.50. The van der Waals surface area contributed by atoms with Gasteiger partial charge in [-0.1, -0.05) is 12.1 Å². The summed E-state index contributed by atoms with van der Waals surface area (Å²) < 4.78 is 0. The summed E-state index contributed by atoms with van der Waals surface area (Å²) in [6.45, 7) is 0.413. The van der Waals surface area contributed by atoms with Gasteiger partial charge in [-0.25, -0.2) is 4.79 Å². The second kappa shape index (κ2) is 4.01. The minimum absolute atomic E-state index is 0.0967. The highest BCUT2D eigenvalue weighted by Crippen LogP contribution is 2.32. The van der Waals surface area contributed by atoms with E-state index in [4.69, 9.17) is 0 Å². The molecule has 0 saturated carbocycles. The summed E-state index contributed by atoms with van der Waals surface area (Å²) in [7, 11) is 1.70. The normalized spacial score (nSPS) is 22.2. The van der Waals surface area contributed by atoms with E-state index in [1.165, 1.54) is 12.1 Å². The van der Waals surface area contributed by atoms with E-state index in [0.717, 1.165) is 5.56 Å². The average Bonchev–Trinajstić information content (AvgIpc) is 2.65. The number of aromatic hydroxyl groups is 1. The molecule has 0 fully saturated rings. The first-order valence-corrected chi connectivity index (χ1v) is 5.91. The molecule has 0 bridgehead atoms. The van der Waals surface area contributed by atoms with Crippen molar-refractivity contribution in [3.8, 4) is 5.75 Å². The largest absolute Gasteiger partial charge is 0.508 e. The first kappa shape index (κ1) is 11.6. The first-order chi connectivity index (χ1) is 9.06. The van der Waals surface area contributed by atoms with Gasteiger partial charge >= 0.3 is 6.03 Å². The first-order valence-electron chi connectivity index (χ1n) is 5.91. The fraction of sp³-hybridized carbons (Fsp3) is 0.231. The van der Waals surface area contributed by atoms with Crippen molar-refractivity contribution < 1.29 is 14.7 Å². The summed E-state index contributed by atoms with van der Waals surface area (Å²) in [6.07, 6.45) is 0. The molecule has 0 radical (unpaired) electrons. The third-order valence-corrected chi connectivity index (χ3v) is 3.35. The summed E-state index contributed by atoms with van der Waals surface area (Å²) in [5, 5.41) is 14.7. The number of benzene rings is 1. The second-order valence-corrected chi connectivity index (χ2v) is 4.68. The Morgan fingerprint density at radius 3 is 2.63 bits per heavy atom. The number of hydrogen-bond donors (Lipinski definition) is 3. The van der Waals surface area contributed by atoms with Crippen LogP contribution in [0.15, 0.2) is 35.5 Å². The van der Waals surface area contributed by atoms with Gasteiger partial charge in [-0.05, 0) is 17.7 Å². The number of nitrogens with zero attached hydrogens (tertiary/aromatic N) is 1. The molecule has 6 nitrogen and oxygen atoms in total. The van der Waals surface area contributed by atoms with Crippen LogP contribution in [0.3, 0.4) is 0 Å². The number of hydrogen-bond acceptors (Lipinski definition) is 3. The van der Waals surface area contributed by atoms with Crippen LogP contribution in [0.2, 0.25) is 0 Å². The quantitative estimate of drug-likeness (QED) is 0.685. The average molecular weight is 259 g/mol. The zero-order chi connectivity index (χ0) is 13.6. The van der Waals surface area contributed by atoms with Gasteiger partial charge in [0.2, 0.25) is 0 Å². The van der Waals surface area contributed by atoms with Crippen molar-refractivity contribution in [3.05, 3.63) is 41.1 Å². The van der Waals surface area contributed by atoms with Crippen LogP contribution in [0.25, 0.3) is 0 Å². The fourth-order valence-electron chi connectivity index (χ4n) is 2.43. The molecule has 0 aromatic heterocycles. The smallest absolute Gasteiger partial charge is 0.319 e. The molecule has 0 spiro atoms. The van der Waals surface area contributed by atoms with Crippen molar-refractivity contribution in [2.24, 2.45) is 0 Å². The molecule has 3 N–H and O–H groups in total. The lowest BCUT2D eigenvalue weighted by molar-refractivity contribution is -0.124. The van der Waals surface area contributed by atoms with E-state index >= 15 is 0 Å². The Labute approximate surface area is 109 Å². The van der Waals surface area contributed by atoms with Gasteiger partial charge in [-0.15, -0.1) is 0 Å². The Morgan fingerprint density at radius 2 is 1.95 bits per heavy atom. The van der Waals surface area contributed by atoms with Crippen LogP contribution >= 0.6 is 0 Å². The van der Waals surface area contributed by atoms with Crippen molar-refractivity contribution in [3.63, 3.8) is 0 Å². The lowest BCUT2D eigenvalue weighted by Gasteiger charge is -2.25. The van der Waals surface area contributed by atoms with E-state index < -0.39 is 6.04 Å². The molecular formula is C13H13N3O3. The Balaban J connectivity index is 2.04. The molecule has 1 aromatic carbocycles. The molecule has 19 heavy (non-hydrogen) atoms. The summed E-state index contributed by atoms with van der Waals surface area (Å²) >= 11 is 0. The van der Waals surface area contributed by atoms with E-state index in [1.54, 1.807) is 24.1 Å². The third kappa shape index (κ3) is 1.81. The number of carbonyl (C=O) groups is 2. The van der Waals surface area contributed by atoms with Gasteiger partial charge in [0.25, 0.3) is 5.91 Å². The number of rotatable bonds is 1. The summed E-state index contributed by atoms with van der Waals surface area (Å²) in [4.78, 5) is 25.3. The highest BCUT2D eigenvalue weighted by Gasteiger charge is 2.38. The van der Waals surface area contributed by atoms with Crippen molar-refractivity contribution in [2.75, 3.05) is 13.6 Å². The monoisotopic (exact) mass is 259 g/mol. The van der Waals surface area contributed by atoms with Gasteiger partial charge in [-0.2, -0.15) is 0 Å². The maximum absolute atomic E-state index is 12.1. The van der Waals surface area contributed by atoms with Crippen LogP contribution in [0.4, 0.5) is 4.79 Å². The molecular weight excluding hydrogens is 246 g/mol. The number of urea groups is 1. The number of phenols is 1. The van der Waals surface area contributed by atoms with Crippen molar-refractivity contribution in [1.82, 2.24) is 15.5 Å². The topological polar surface area (TPSA) is 81.7 Å². The third-order valence-electron chi connectivity index (χ3n) is 3.35. The van der Waals surface area contributed by atoms with Crippen molar-refractivity contribution in [1.29, 1.82) is 0 Å². The van der Waals surface area contributed by atoms with Crippen molar-refractivity contribution in [2.45, 2.75) is 6.04 Å². The minimum Gasteiger partial charge on any atom is -0.508 e. The van der Waals surface area contributed by atoms with Crippen molar-refractivity contribution >= 4 is 11.9 Å². The van der Waals surface area contributed by atoms with Crippen LogP contribution in [-0.4, -0.2) is 35.5 Å². The molecule has 3 amide bonds. The van der Waals surface area contributed by atoms with Crippen LogP contribution in [-0.2, 0) is 4.79 Å². The van der Waals surface area contributed by atoms with Gasteiger partial charge in [0.15, 0.2) is 0 Å². The number of nitrogens with one attached hydrogen (secondary N) is 2. The molecule has 0 saturated heterocycles. The molecule has 6 heteroatoms. The molecule has 98 valence electrons. The van der Waals surface area contributed by atoms with Gasteiger partial charge < -0.3 is 20.6 Å². The predicted molar refractivity (Wildman–Crippen MR) is 67.2 cm³/mol. The highest BCUT2D eigenvalue weighted by atomic mass is 16.3. The second-order valence-electron chi connectivity index (χ2n) is 4.68. The van der Waals surface area contributed by atoms with Crippen LogP contribution < -0.4 is 10.6 Å². The Kier molecular flexibility index (Phi) is 2.45. The van der Waals surface area contributed by atoms with E-state index in [2.05, 4.69) is 10.6 Å². The molecule has 1 atom stereocenters. The SMILES string of the molecule is CN1CC2=C(C1=O)[C@H](c1ccc(O)cc1)NC(=O)N2. The van der Waals surface area contributed by atoms with E-state index in [9.17, 15) is 14.7 Å². The lowest BCUT2D eigenvalue weighted by Crippen LogP contribution is -2.44. The molecule has 1 aromatic rings. The molecule has 2 heterocycles.